The van der Waals surface area contributed by atoms with Crippen LogP contribution in [0.1, 0.15) is 39.5 Å². The first kappa shape index (κ1) is 5.76. The molecule has 2 aliphatic rings. The minimum absolute atomic E-state index is 0.769. The molecule has 9 heavy (non-hydrogen) atoms. The van der Waals surface area contributed by atoms with Gasteiger partial charge in [0.15, 0.2) is 0 Å². The van der Waals surface area contributed by atoms with Crippen LogP contribution in [0.4, 0.5) is 0 Å². The fourth-order valence-electron chi connectivity index (χ4n) is 2.82. The second-order valence-electron chi connectivity index (χ2n) is 4.28. The van der Waals surface area contributed by atoms with Crippen LogP contribution in [-0.2, 0) is 0 Å². The third-order valence-electron chi connectivity index (χ3n) is 3.98. The van der Waals surface area contributed by atoms with Crippen molar-refractivity contribution >= 4 is 0 Å². The smallest absolute Gasteiger partial charge is 0.0297 e. The zero-order valence-corrected chi connectivity index (χ0v) is 6.48. The zero-order valence-electron chi connectivity index (χ0n) is 6.48. The molecule has 0 heteroatoms. The SMILES string of the molecule is CC1C2CCC1(C)CC2. The van der Waals surface area contributed by atoms with E-state index in [0.717, 1.165) is 17.3 Å². The molecule has 0 heterocycles. The highest BCUT2D eigenvalue weighted by molar-refractivity contribution is 4.97. The number of hydrogen-bond acceptors (Lipinski definition) is 0. The zero-order chi connectivity index (χ0) is 6.48. The average molecular weight is 124 g/mol. The van der Waals surface area contributed by atoms with Crippen LogP contribution in [0.3, 0.4) is 0 Å². The van der Waals surface area contributed by atoms with Crippen LogP contribution in [0, 0.1) is 17.3 Å². The van der Waals surface area contributed by atoms with Gasteiger partial charge in [-0.05, 0) is 42.9 Å². The fraction of sp³-hybridized carbons (Fsp3) is 1.00. The normalized spacial score (nSPS) is 56.7. The molecule has 2 bridgehead atoms. The lowest BCUT2D eigenvalue weighted by molar-refractivity contribution is 0.270. The Morgan fingerprint density at radius 1 is 1.22 bits per heavy atom. The molecule has 2 saturated carbocycles. The van der Waals surface area contributed by atoms with E-state index in [-0.39, 0.29) is 0 Å². The lowest BCUT2D eigenvalue weighted by Gasteiger charge is -2.23. The highest BCUT2D eigenvalue weighted by atomic mass is 14.5. The first-order valence-corrected chi connectivity index (χ1v) is 4.22. The minimum Gasteiger partial charge on any atom is -0.0617 e. The molecule has 0 aromatic heterocycles. The first-order valence-electron chi connectivity index (χ1n) is 4.22. The number of hydrogen-bond donors (Lipinski definition) is 0. The predicted octanol–water partition coefficient (Wildman–Crippen LogP) is 2.83. The van der Waals surface area contributed by atoms with Crippen molar-refractivity contribution in [1.29, 1.82) is 0 Å². The quantitative estimate of drug-likeness (QED) is 0.466. The Morgan fingerprint density at radius 3 is 1.89 bits per heavy atom. The Bertz CT molecular complexity index is 118. The second-order valence-corrected chi connectivity index (χ2v) is 4.28. The third-order valence-corrected chi connectivity index (χ3v) is 3.98. The van der Waals surface area contributed by atoms with Gasteiger partial charge in [0, 0.05) is 0 Å². The van der Waals surface area contributed by atoms with E-state index in [1.54, 1.807) is 0 Å². The van der Waals surface area contributed by atoms with Crippen LogP contribution in [0.5, 0.6) is 0 Å². The maximum Gasteiger partial charge on any atom is -0.0297 e. The largest absolute Gasteiger partial charge is 0.0617 e. The summed E-state index contributed by atoms with van der Waals surface area (Å²) >= 11 is 0. The summed E-state index contributed by atoms with van der Waals surface area (Å²) in [7, 11) is 0. The van der Waals surface area contributed by atoms with Gasteiger partial charge in [0.2, 0.25) is 0 Å². The molecule has 0 spiro atoms. The Kier molecular flexibility index (Phi) is 0.980. The van der Waals surface area contributed by atoms with Crippen LogP contribution >= 0.6 is 0 Å². The second kappa shape index (κ2) is 1.53. The van der Waals surface area contributed by atoms with Crippen molar-refractivity contribution in [2.75, 3.05) is 0 Å². The van der Waals surface area contributed by atoms with Crippen molar-refractivity contribution in [3.05, 3.63) is 0 Å². The highest BCUT2D eigenvalue weighted by Crippen LogP contribution is 2.57. The van der Waals surface area contributed by atoms with Gasteiger partial charge in [-0.2, -0.15) is 0 Å². The maximum atomic E-state index is 2.48. The Morgan fingerprint density at radius 2 is 1.78 bits per heavy atom. The molecule has 1 unspecified atom stereocenters. The summed E-state index contributed by atoms with van der Waals surface area (Å²) in [4.78, 5) is 0. The van der Waals surface area contributed by atoms with E-state index >= 15 is 0 Å². The molecule has 0 aromatic carbocycles. The van der Waals surface area contributed by atoms with Crippen LogP contribution < -0.4 is 0 Å². The summed E-state index contributed by atoms with van der Waals surface area (Å²) in [5, 5.41) is 0. The van der Waals surface area contributed by atoms with E-state index in [9.17, 15) is 0 Å². The summed E-state index contributed by atoms with van der Waals surface area (Å²) in [6.07, 6.45) is 6.08. The molecule has 0 N–H and O–H groups in total. The lowest BCUT2D eigenvalue weighted by atomic mass is 9.82. The van der Waals surface area contributed by atoms with E-state index in [0.29, 0.717) is 0 Å². The minimum atomic E-state index is 0.769. The summed E-state index contributed by atoms with van der Waals surface area (Å²) in [6.45, 7) is 4.93. The van der Waals surface area contributed by atoms with Gasteiger partial charge in [0.05, 0.1) is 0 Å². The molecule has 0 radical (unpaired) electrons. The van der Waals surface area contributed by atoms with E-state index < -0.39 is 0 Å². The molecule has 2 rings (SSSR count). The summed E-state index contributed by atoms with van der Waals surface area (Å²) in [5.74, 6) is 2.15. The molecule has 2 aliphatic carbocycles. The molecule has 52 valence electrons. The highest BCUT2D eigenvalue weighted by Gasteiger charge is 2.47. The standard InChI is InChI=1S/C9H16/c1-7-8-3-5-9(7,2)6-4-8/h7-8H,3-6H2,1-2H3. The first-order chi connectivity index (χ1) is 4.22. The van der Waals surface area contributed by atoms with E-state index in [4.69, 9.17) is 0 Å². The number of rotatable bonds is 0. The number of fused-ring (bicyclic) bond motifs is 2. The molecular formula is C9H16. The topological polar surface area (TPSA) is 0 Å². The molecule has 0 nitrogen and oxygen atoms in total. The fourth-order valence-corrected chi connectivity index (χ4v) is 2.82. The van der Waals surface area contributed by atoms with Crippen molar-refractivity contribution in [1.82, 2.24) is 0 Å². The maximum absolute atomic E-state index is 2.48. The molecule has 0 amide bonds. The Labute approximate surface area is 57.6 Å². The van der Waals surface area contributed by atoms with Gasteiger partial charge in [-0.25, -0.2) is 0 Å². The summed E-state index contributed by atoms with van der Waals surface area (Å²) < 4.78 is 0. The molecule has 2 fully saturated rings. The molecular weight excluding hydrogens is 108 g/mol. The van der Waals surface area contributed by atoms with E-state index in [1.807, 2.05) is 0 Å². The molecule has 1 atom stereocenters. The Hall–Kier alpha value is 0. The van der Waals surface area contributed by atoms with Crippen molar-refractivity contribution in [2.24, 2.45) is 17.3 Å². The molecule has 0 aromatic rings. The van der Waals surface area contributed by atoms with Gasteiger partial charge in [-0.15, -0.1) is 0 Å². The van der Waals surface area contributed by atoms with Gasteiger partial charge in [0.1, 0.15) is 0 Å². The van der Waals surface area contributed by atoms with E-state index in [2.05, 4.69) is 13.8 Å². The van der Waals surface area contributed by atoms with E-state index in [1.165, 1.54) is 25.7 Å². The van der Waals surface area contributed by atoms with Crippen LogP contribution in [0.2, 0.25) is 0 Å². The van der Waals surface area contributed by atoms with Gasteiger partial charge in [0.25, 0.3) is 0 Å². The van der Waals surface area contributed by atoms with Gasteiger partial charge < -0.3 is 0 Å². The van der Waals surface area contributed by atoms with Crippen molar-refractivity contribution < 1.29 is 0 Å². The van der Waals surface area contributed by atoms with Crippen LogP contribution in [-0.4, -0.2) is 0 Å². The molecule has 0 aliphatic heterocycles. The monoisotopic (exact) mass is 124 g/mol. The lowest BCUT2D eigenvalue weighted by Crippen LogP contribution is -2.14. The molecule has 0 saturated heterocycles. The van der Waals surface area contributed by atoms with Gasteiger partial charge in [-0.3, -0.25) is 0 Å². The van der Waals surface area contributed by atoms with Crippen molar-refractivity contribution in [2.45, 2.75) is 39.5 Å². The summed E-state index contributed by atoms with van der Waals surface area (Å²) in [5.41, 5.74) is 0.769. The summed E-state index contributed by atoms with van der Waals surface area (Å²) in [6, 6.07) is 0. The third kappa shape index (κ3) is 0.595. The van der Waals surface area contributed by atoms with Gasteiger partial charge in [-0.1, -0.05) is 13.8 Å². The van der Waals surface area contributed by atoms with Crippen molar-refractivity contribution in [3.8, 4) is 0 Å². The predicted molar refractivity (Wildman–Crippen MR) is 39.2 cm³/mol. The van der Waals surface area contributed by atoms with Crippen LogP contribution in [0.15, 0.2) is 0 Å². The van der Waals surface area contributed by atoms with Gasteiger partial charge >= 0.3 is 0 Å². The average Bonchev–Trinajstić information content (AvgIpc) is 2.24. The Balaban J connectivity index is 2.26. The van der Waals surface area contributed by atoms with Crippen molar-refractivity contribution in [3.63, 3.8) is 0 Å². The van der Waals surface area contributed by atoms with Crippen LogP contribution in [0.25, 0.3) is 0 Å².